The van der Waals surface area contributed by atoms with Crippen molar-refractivity contribution in [3.05, 3.63) is 0 Å². The van der Waals surface area contributed by atoms with E-state index in [4.69, 9.17) is 14.2 Å². The average Bonchev–Trinajstić information content (AvgIpc) is 2.68. The molecule has 12 nitrogen and oxygen atoms in total. The van der Waals surface area contributed by atoms with E-state index >= 15 is 0 Å². The highest BCUT2D eigenvalue weighted by atomic mass is 16.7. The second-order valence-electron chi connectivity index (χ2n) is 10.1. The molecule has 7 N–H and O–H groups in total. The molecular weight excluding hydrogens is 430 g/mol. The standard InChI is InChI=1S/C20H36NO11/c1-14(9-22)10(23)16(3,27)15(2,21-8)13(31-14)32-20(7)18(5,11(24)25)30-12(26)17(4,28)19(20,6)29/h10,12-13,21-23,26-29H,9H2,1-8H3. The van der Waals surface area contributed by atoms with E-state index in [2.05, 4.69) is 5.32 Å². The van der Waals surface area contributed by atoms with Gasteiger partial charge in [-0.25, -0.2) is 9.90 Å². The fraction of sp³-hybridized carbons (Fsp3) is 0.950. The van der Waals surface area contributed by atoms with Crippen molar-refractivity contribution in [1.29, 1.82) is 0 Å². The zero-order valence-electron chi connectivity index (χ0n) is 19.7. The Labute approximate surface area is 186 Å². The van der Waals surface area contributed by atoms with Gasteiger partial charge in [0.2, 0.25) is 5.60 Å². The van der Waals surface area contributed by atoms with Crippen LogP contribution < -0.4 is 5.32 Å². The van der Waals surface area contributed by atoms with Gasteiger partial charge in [0.15, 0.2) is 12.6 Å². The fourth-order valence-corrected chi connectivity index (χ4v) is 4.50. The maximum Gasteiger partial charge on any atom is 0.389 e. The van der Waals surface area contributed by atoms with Crippen molar-refractivity contribution < 1.29 is 54.8 Å². The predicted molar refractivity (Wildman–Crippen MR) is 106 cm³/mol. The minimum atomic E-state index is -2.53. The lowest BCUT2D eigenvalue weighted by molar-refractivity contribution is -0.446. The molecule has 0 bridgehead atoms. The lowest BCUT2D eigenvalue weighted by atomic mass is 9.62. The second kappa shape index (κ2) is 7.54. The van der Waals surface area contributed by atoms with E-state index in [1.54, 1.807) is 0 Å². The monoisotopic (exact) mass is 466 g/mol. The summed E-state index contributed by atoms with van der Waals surface area (Å²) in [5.74, 6) is -1.87. The van der Waals surface area contributed by atoms with Crippen LogP contribution in [-0.2, 0) is 24.1 Å². The van der Waals surface area contributed by atoms with Crippen LogP contribution >= 0.6 is 0 Å². The maximum absolute atomic E-state index is 12.2. The molecule has 2 heterocycles. The van der Waals surface area contributed by atoms with Crippen LogP contribution in [0.3, 0.4) is 0 Å². The number of likely N-dealkylation sites (N-methyl/N-ethyl adjacent to an activating group) is 1. The van der Waals surface area contributed by atoms with Crippen LogP contribution in [0.25, 0.3) is 0 Å². The Morgan fingerprint density at radius 2 is 1.47 bits per heavy atom. The molecule has 2 rings (SSSR count). The van der Waals surface area contributed by atoms with Gasteiger partial charge < -0.3 is 50.2 Å². The summed E-state index contributed by atoms with van der Waals surface area (Å²) < 4.78 is 17.1. The van der Waals surface area contributed by atoms with Crippen LogP contribution in [-0.4, -0.2) is 108 Å². The molecule has 10 atom stereocenters. The Kier molecular flexibility index (Phi) is 6.43. The Hall–Kier alpha value is -0.930. The lowest BCUT2D eigenvalue weighted by Gasteiger charge is -2.64. The Bertz CT molecular complexity index is 758. The number of hydrogen-bond acceptors (Lipinski definition) is 11. The van der Waals surface area contributed by atoms with Crippen molar-refractivity contribution in [3.8, 4) is 0 Å². The summed E-state index contributed by atoms with van der Waals surface area (Å²) >= 11 is 0. The normalized spacial score (nSPS) is 56.8. The molecule has 2 saturated heterocycles. The first-order chi connectivity index (χ1) is 14.2. The molecule has 1 radical (unpaired) electrons. The summed E-state index contributed by atoms with van der Waals surface area (Å²) in [6.45, 7) is 7.46. The summed E-state index contributed by atoms with van der Waals surface area (Å²) in [6, 6.07) is 0. The number of nitrogens with one attached hydrogen (secondary N) is 1. The molecule has 187 valence electrons. The molecule has 12 heteroatoms. The van der Waals surface area contributed by atoms with Gasteiger partial charge in [-0.2, -0.15) is 0 Å². The van der Waals surface area contributed by atoms with Crippen LogP contribution in [0, 0.1) is 0 Å². The molecule has 0 amide bonds. The molecule has 0 spiro atoms. The minimum Gasteiger partial charge on any atom is -0.393 e. The summed E-state index contributed by atoms with van der Waals surface area (Å²) in [5, 5.41) is 79.3. The van der Waals surface area contributed by atoms with Crippen molar-refractivity contribution in [2.24, 2.45) is 0 Å². The van der Waals surface area contributed by atoms with Gasteiger partial charge in [0, 0.05) is 0 Å². The Balaban J connectivity index is 2.74. The van der Waals surface area contributed by atoms with Gasteiger partial charge in [0.05, 0.1) is 12.1 Å². The van der Waals surface area contributed by atoms with E-state index in [1.165, 1.54) is 27.8 Å². The second-order valence-corrected chi connectivity index (χ2v) is 10.1. The number of aliphatic hydroxyl groups excluding tert-OH is 3. The zero-order valence-corrected chi connectivity index (χ0v) is 19.7. The van der Waals surface area contributed by atoms with Gasteiger partial charge in [-0.15, -0.1) is 0 Å². The van der Waals surface area contributed by atoms with Crippen molar-refractivity contribution in [2.75, 3.05) is 13.7 Å². The third kappa shape index (κ3) is 3.09. The molecule has 0 aliphatic carbocycles. The Morgan fingerprint density at radius 3 is 1.88 bits per heavy atom. The number of aliphatic hydroxyl groups is 6. The van der Waals surface area contributed by atoms with Crippen LogP contribution in [0.4, 0.5) is 0 Å². The van der Waals surface area contributed by atoms with Gasteiger partial charge in [0.1, 0.15) is 34.1 Å². The van der Waals surface area contributed by atoms with Crippen LogP contribution in [0.5, 0.6) is 0 Å². The summed E-state index contributed by atoms with van der Waals surface area (Å²) in [5.41, 5.74) is -15.3. The molecule has 2 aliphatic heterocycles. The zero-order chi connectivity index (χ0) is 25.3. The molecule has 0 aromatic rings. The van der Waals surface area contributed by atoms with Crippen molar-refractivity contribution in [3.63, 3.8) is 0 Å². The van der Waals surface area contributed by atoms with E-state index in [1.807, 2.05) is 0 Å². The average molecular weight is 467 g/mol. The van der Waals surface area contributed by atoms with Crippen molar-refractivity contribution in [2.45, 2.75) is 106 Å². The molecule has 32 heavy (non-hydrogen) atoms. The van der Waals surface area contributed by atoms with Crippen LogP contribution in [0.2, 0.25) is 0 Å². The molecule has 2 fully saturated rings. The largest absolute Gasteiger partial charge is 0.393 e. The van der Waals surface area contributed by atoms with E-state index in [-0.39, 0.29) is 0 Å². The number of rotatable bonds is 5. The smallest absolute Gasteiger partial charge is 0.389 e. The minimum absolute atomic E-state index is 0.748. The third-order valence-electron chi connectivity index (χ3n) is 8.23. The van der Waals surface area contributed by atoms with E-state index in [9.17, 15) is 40.5 Å². The van der Waals surface area contributed by atoms with Gasteiger partial charge in [-0.1, -0.05) is 0 Å². The number of carbonyl (C=O) groups excluding carboxylic acids is 1. The first-order valence-corrected chi connectivity index (χ1v) is 10.2. The number of ether oxygens (including phenoxy) is 3. The third-order valence-corrected chi connectivity index (χ3v) is 8.23. The number of hydrogen-bond donors (Lipinski definition) is 7. The summed E-state index contributed by atoms with van der Waals surface area (Å²) in [7, 11) is 1.43. The van der Waals surface area contributed by atoms with Crippen molar-refractivity contribution >= 4 is 5.97 Å². The lowest BCUT2D eigenvalue weighted by Crippen LogP contribution is -2.86. The molecule has 2 aliphatic rings. The molecule has 0 saturated carbocycles. The molecular formula is C20H36NO11. The molecule has 0 aromatic carbocycles. The SMILES string of the molecule is CNC1(C)C(OC2(C)C(C)(C([O])=O)OC(O)C(C)(O)C2(C)O)OC(C)(CO)C(O)C1(C)O. The summed E-state index contributed by atoms with van der Waals surface area (Å²) in [6.07, 6.45) is -5.38. The highest BCUT2D eigenvalue weighted by molar-refractivity contribution is 5.79. The quantitative estimate of drug-likeness (QED) is 0.226. The van der Waals surface area contributed by atoms with Gasteiger partial charge >= 0.3 is 5.97 Å². The van der Waals surface area contributed by atoms with E-state index < -0.39 is 70.4 Å². The fourth-order valence-electron chi connectivity index (χ4n) is 4.50. The van der Waals surface area contributed by atoms with Crippen molar-refractivity contribution in [1.82, 2.24) is 5.32 Å². The van der Waals surface area contributed by atoms with Gasteiger partial charge in [-0.05, 0) is 55.5 Å². The first-order valence-electron chi connectivity index (χ1n) is 10.2. The topological polar surface area (TPSA) is 198 Å². The van der Waals surface area contributed by atoms with Gasteiger partial charge in [-0.3, -0.25) is 0 Å². The highest BCUT2D eigenvalue weighted by Gasteiger charge is 2.76. The van der Waals surface area contributed by atoms with Gasteiger partial charge in [0.25, 0.3) is 0 Å². The molecule has 0 aromatic heterocycles. The van der Waals surface area contributed by atoms with E-state index in [0.29, 0.717) is 0 Å². The van der Waals surface area contributed by atoms with Crippen LogP contribution in [0.15, 0.2) is 0 Å². The summed E-state index contributed by atoms with van der Waals surface area (Å²) in [4.78, 5) is 12.2. The highest BCUT2D eigenvalue weighted by Crippen LogP contribution is 2.53. The molecule has 10 unspecified atom stereocenters. The predicted octanol–water partition coefficient (Wildman–Crippen LogP) is -2.47. The van der Waals surface area contributed by atoms with E-state index in [0.717, 1.165) is 27.7 Å². The van der Waals surface area contributed by atoms with Crippen LogP contribution in [0.1, 0.15) is 48.5 Å². The first kappa shape index (κ1) is 27.3. The maximum atomic E-state index is 12.2. The Morgan fingerprint density at radius 1 is 0.969 bits per heavy atom. The number of carbonyl (C=O) groups is 1.